The first-order chi connectivity index (χ1) is 10.3. The second kappa shape index (κ2) is 5.43. The smallest absolute Gasteiger partial charge is 0.224 e. The Morgan fingerprint density at radius 3 is 2.86 bits per heavy atom. The molecule has 2 aromatic rings. The van der Waals surface area contributed by atoms with E-state index < -0.39 is 0 Å². The summed E-state index contributed by atoms with van der Waals surface area (Å²) in [5.41, 5.74) is 0.931. The molecule has 110 valence electrons. The van der Waals surface area contributed by atoms with E-state index in [1.807, 2.05) is 18.2 Å². The first-order valence-corrected chi connectivity index (χ1v) is 8.10. The molecular formula is C16H19ClN4. The van der Waals surface area contributed by atoms with Gasteiger partial charge in [0.1, 0.15) is 5.82 Å². The SMILES string of the molecule is Clc1nc(N2CCCN3CCCC3C2)c2ccccc2n1. The summed E-state index contributed by atoms with van der Waals surface area (Å²) in [4.78, 5) is 13.9. The number of anilines is 1. The van der Waals surface area contributed by atoms with Gasteiger partial charge < -0.3 is 4.90 Å². The average Bonchev–Trinajstić information content (AvgIpc) is 2.83. The Balaban J connectivity index is 1.75. The van der Waals surface area contributed by atoms with Crippen LogP contribution in [0.3, 0.4) is 0 Å². The predicted octanol–water partition coefficient (Wildman–Crippen LogP) is 2.96. The zero-order valence-corrected chi connectivity index (χ0v) is 12.8. The number of benzene rings is 1. The van der Waals surface area contributed by atoms with Crippen LogP contribution in [0, 0.1) is 0 Å². The maximum absolute atomic E-state index is 6.14. The van der Waals surface area contributed by atoms with Crippen LogP contribution >= 0.6 is 11.6 Å². The van der Waals surface area contributed by atoms with Gasteiger partial charge in [0.25, 0.3) is 0 Å². The monoisotopic (exact) mass is 302 g/mol. The summed E-state index contributed by atoms with van der Waals surface area (Å²) in [6, 6.07) is 8.81. The summed E-state index contributed by atoms with van der Waals surface area (Å²) in [6.07, 6.45) is 3.81. The fourth-order valence-corrected chi connectivity index (χ4v) is 3.84. The summed E-state index contributed by atoms with van der Waals surface area (Å²) in [5, 5.41) is 1.45. The van der Waals surface area contributed by atoms with Gasteiger partial charge in [-0.1, -0.05) is 12.1 Å². The number of aromatic nitrogens is 2. The van der Waals surface area contributed by atoms with E-state index in [-0.39, 0.29) is 0 Å². The lowest BCUT2D eigenvalue weighted by molar-refractivity contribution is 0.273. The van der Waals surface area contributed by atoms with E-state index >= 15 is 0 Å². The van der Waals surface area contributed by atoms with Crippen molar-refractivity contribution >= 4 is 28.3 Å². The molecule has 2 fully saturated rings. The fourth-order valence-electron chi connectivity index (χ4n) is 3.67. The van der Waals surface area contributed by atoms with Gasteiger partial charge in [-0.05, 0) is 49.5 Å². The quantitative estimate of drug-likeness (QED) is 0.758. The molecule has 0 N–H and O–H groups in total. The average molecular weight is 303 g/mol. The molecule has 0 amide bonds. The number of nitrogens with zero attached hydrogens (tertiary/aromatic N) is 4. The molecular weight excluding hydrogens is 284 g/mol. The number of para-hydroxylation sites is 1. The van der Waals surface area contributed by atoms with Crippen molar-refractivity contribution in [1.82, 2.24) is 14.9 Å². The van der Waals surface area contributed by atoms with Crippen molar-refractivity contribution in [3.63, 3.8) is 0 Å². The van der Waals surface area contributed by atoms with Crippen LogP contribution in [-0.2, 0) is 0 Å². The summed E-state index contributed by atoms with van der Waals surface area (Å²) in [5.74, 6) is 0.999. The lowest BCUT2D eigenvalue weighted by Gasteiger charge is -2.27. The number of hydrogen-bond donors (Lipinski definition) is 0. The Kier molecular flexibility index (Phi) is 3.43. The number of rotatable bonds is 1. The zero-order valence-electron chi connectivity index (χ0n) is 12.0. The van der Waals surface area contributed by atoms with Crippen LogP contribution < -0.4 is 4.90 Å². The number of fused-ring (bicyclic) bond motifs is 2. The molecule has 0 radical (unpaired) electrons. The molecule has 0 aliphatic carbocycles. The minimum atomic E-state index is 0.344. The molecule has 0 bridgehead atoms. The molecule has 4 rings (SSSR count). The second-order valence-electron chi connectivity index (χ2n) is 5.96. The van der Waals surface area contributed by atoms with E-state index in [9.17, 15) is 0 Å². The van der Waals surface area contributed by atoms with Gasteiger partial charge in [-0.3, -0.25) is 4.90 Å². The molecule has 2 aliphatic heterocycles. The lowest BCUT2D eigenvalue weighted by Crippen LogP contribution is -2.37. The van der Waals surface area contributed by atoms with Gasteiger partial charge in [0.15, 0.2) is 0 Å². The highest BCUT2D eigenvalue weighted by molar-refractivity contribution is 6.28. The molecule has 4 nitrogen and oxygen atoms in total. The molecule has 1 aromatic carbocycles. The third-order valence-electron chi connectivity index (χ3n) is 4.66. The van der Waals surface area contributed by atoms with Crippen molar-refractivity contribution in [2.75, 3.05) is 31.1 Å². The normalized spacial score (nSPS) is 23.3. The topological polar surface area (TPSA) is 32.3 Å². The maximum atomic E-state index is 6.14. The molecule has 3 heterocycles. The van der Waals surface area contributed by atoms with Gasteiger partial charge >= 0.3 is 0 Å². The molecule has 1 aromatic heterocycles. The molecule has 21 heavy (non-hydrogen) atoms. The van der Waals surface area contributed by atoms with Gasteiger partial charge in [-0.15, -0.1) is 0 Å². The maximum Gasteiger partial charge on any atom is 0.224 e. The second-order valence-corrected chi connectivity index (χ2v) is 6.30. The molecule has 1 unspecified atom stereocenters. The van der Waals surface area contributed by atoms with Gasteiger partial charge in [0.05, 0.1) is 5.52 Å². The van der Waals surface area contributed by atoms with Crippen molar-refractivity contribution in [2.24, 2.45) is 0 Å². The van der Waals surface area contributed by atoms with E-state index in [1.165, 1.54) is 32.4 Å². The van der Waals surface area contributed by atoms with E-state index in [4.69, 9.17) is 11.6 Å². The van der Waals surface area contributed by atoms with E-state index in [1.54, 1.807) is 0 Å². The van der Waals surface area contributed by atoms with Gasteiger partial charge in [0, 0.05) is 31.1 Å². The predicted molar refractivity (Wildman–Crippen MR) is 86.0 cm³/mol. The van der Waals surface area contributed by atoms with Crippen LogP contribution in [0.2, 0.25) is 5.28 Å². The molecule has 2 saturated heterocycles. The summed E-state index contributed by atoms with van der Waals surface area (Å²) < 4.78 is 0. The van der Waals surface area contributed by atoms with Crippen molar-refractivity contribution in [3.05, 3.63) is 29.5 Å². The Hall–Kier alpha value is -1.39. The summed E-state index contributed by atoms with van der Waals surface area (Å²) >= 11 is 6.14. The Labute approximate surface area is 129 Å². The first-order valence-electron chi connectivity index (χ1n) is 7.72. The van der Waals surface area contributed by atoms with Crippen molar-refractivity contribution in [1.29, 1.82) is 0 Å². The van der Waals surface area contributed by atoms with E-state index in [2.05, 4.69) is 25.8 Å². The van der Waals surface area contributed by atoms with Crippen LogP contribution in [0.25, 0.3) is 10.9 Å². The third kappa shape index (κ3) is 2.47. The van der Waals surface area contributed by atoms with E-state index in [0.717, 1.165) is 29.8 Å². The van der Waals surface area contributed by atoms with Crippen LogP contribution in [0.1, 0.15) is 19.3 Å². The highest BCUT2D eigenvalue weighted by atomic mass is 35.5. The van der Waals surface area contributed by atoms with Crippen molar-refractivity contribution in [2.45, 2.75) is 25.3 Å². The molecule has 1 atom stereocenters. The van der Waals surface area contributed by atoms with Crippen LogP contribution in [0.4, 0.5) is 5.82 Å². The lowest BCUT2D eigenvalue weighted by atomic mass is 10.2. The van der Waals surface area contributed by atoms with Gasteiger partial charge in [0.2, 0.25) is 5.28 Å². The molecule has 2 aliphatic rings. The summed E-state index contributed by atoms with van der Waals surface area (Å²) in [7, 11) is 0. The van der Waals surface area contributed by atoms with Gasteiger partial charge in [-0.25, -0.2) is 4.98 Å². The summed E-state index contributed by atoms with van der Waals surface area (Å²) in [6.45, 7) is 4.56. The minimum absolute atomic E-state index is 0.344. The fraction of sp³-hybridized carbons (Fsp3) is 0.500. The first kappa shape index (κ1) is 13.3. The zero-order chi connectivity index (χ0) is 14.2. The highest BCUT2D eigenvalue weighted by Gasteiger charge is 2.29. The number of hydrogen-bond acceptors (Lipinski definition) is 4. The van der Waals surface area contributed by atoms with Crippen LogP contribution in [0.5, 0.6) is 0 Å². The van der Waals surface area contributed by atoms with E-state index in [0.29, 0.717) is 11.3 Å². The minimum Gasteiger partial charge on any atom is -0.354 e. The molecule has 0 saturated carbocycles. The molecule has 5 heteroatoms. The largest absolute Gasteiger partial charge is 0.354 e. The van der Waals surface area contributed by atoms with Crippen molar-refractivity contribution < 1.29 is 0 Å². The van der Waals surface area contributed by atoms with Gasteiger partial charge in [-0.2, -0.15) is 4.98 Å². The number of halogens is 1. The van der Waals surface area contributed by atoms with Crippen LogP contribution in [-0.4, -0.2) is 47.1 Å². The molecule has 0 spiro atoms. The Morgan fingerprint density at radius 2 is 1.90 bits per heavy atom. The highest BCUT2D eigenvalue weighted by Crippen LogP contribution is 2.29. The third-order valence-corrected chi connectivity index (χ3v) is 4.83. The van der Waals surface area contributed by atoms with Crippen molar-refractivity contribution in [3.8, 4) is 0 Å². The Bertz CT molecular complexity index is 660. The Morgan fingerprint density at radius 1 is 1.05 bits per heavy atom. The standard InChI is InChI=1S/C16H19ClN4/c17-16-18-14-7-2-1-6-13(14)15(19-16)21-10-4-9-20-8-3-5-12(20)11-21/h1-2,6-7,12H,3-5,8-11H2. The van der Waals surface area contributed by atoms with Crippen LogP contribution in [0.15, 0.2) is 24.3 Å².